The molecule has 1 aromatic carbocycles. The minimum absolute atomic E-state index is 0.659. The second-order valence-electron chi connectivity index (χ2n) is 6.75. The third-order valence-corrected chi connectivity index (χ3v) is 5.17. The van der Waals surface area contributed by atoms with Gasteiger partial charge in [-0.2, -0.15) is 0 Å². The molecule has 1 aromatic rings. The van der Waals surface area contributed by atoms with Crippen molar-refractivity contribution in [1.82, 2.24) is 5.32 Å². The van der Waals surface area contributed by atoms with E-state index < -0.39 is 0 Å². The molecule has 2 unspecified atom stereocenters. The molecule has 19 heavy (non-hydrogen) atoms. The number of hydrogen-bond acceptors (Lipinski definition) is 1. The standard InChI is InChI=1S/C18H27N/c1-13(12-19-18-9-10-18)14(2)16-7-4-8-17(11-16)15-5-3-6-15/h4,7-8,11,13-15,18-19H,3,5-6,9-10,12H2,1-2H3. The molecule has 0 aromatic heterocycles. The van der Waals surface area contributed by atoms with Gasteiger partial charge in [0.25, 0.3) is 0 Å². The SMILES string of the molecule is CC(CNC1CC1)C(C)c1cccc(C2CCC2)c1. The Bertz CT molecular complexity index is 417. The van der Waals surface area contributed by atoms with E-state index in [1.54, 1.807) is 5.56 Å². The molecule has 3 rings (SSSR count). The summed E-state index contributed by atoms with van der Waals surface area (Å²) in [4.78, 5) is 0. The summed E-state index contributed by atoms with van der Waals surface area (Å²) in [5.74, 6) is 2.23. The predicted octanol–water partition coefficient (Wildman–Crippen LogP) is 4.45. The highest BCUT2D eigenvalue weighted by molar-refractivity contribution is 5.30. The zero-order chi connectivity index (χ0) is 13.2. The summed E-state index contributed by atoms with van der Waals surface area (Å²) in [6, 6.07) is 10.2. The van der Waals surface area contributed by atoms with Gasteiger partial charge in [0.1, 0.15) is 0 Å². The van der Waals surface area contributed by atoms with Crippen LogP contribution in [0.4, 0.5) is 0 Å². The molecule has 1 N–H and O–H groups in total. The number of nitrogens with one attached hydrogen (secondary N) is 1. The third kappa shape index (κ3) is 3.20. The lowest BCUT2D eigenvalue weighted by Crippen LogP contribution is -2.26. The van der Waals surface area contributed by atoms with Gasteiger partial charge in [-0.3, -0.25) is 0 Å². The Balaban J connectivity index is 1.62. The lowest BCUT2D eigenvalue weighted by Gasteiger charge is -2.27. The monoisotopic (exact) mass is 257 g/mol. The van der Waals surface area contributed by atoms with Crippen molar-refractivity contribution in [1.29, 1.82) is 0 Å². The molecule has 0 radical (unpaired) electrons. The molecule has 1 heteroatoms. The van der Waals surface area contributed by atoms with E-state index in [1.807, 2.05) is 0 Å². The molecule has 2 atom stereocenters. The van der Waals surface area contributed by atoms with Crippen molar-refractivity contribution in [3.05, 3.63) is 35.4 Å². The first kappa shape index (κ1) is 13.2. The van der Waals surface area contributed by atoms with Crippen molar-refractivity contribution in [3.8, 4) is 0 Å². The molecule has 0 heterocycles. The van der Waals surface area contributed by atoms with Gasteiger partial charge in [0.15, 0.2) is 0 Å². The Labute approximate surface area is 117 Å². The average Bonchev–Trinajstić information content (AvgIpc) is 3.17. The first-order chi connectivity index (χ1) is 9.24. The van der Waals surface area contributed by atoms with Gasteiger partial charge in [-0.25, -0.2) is 0 Å². The molecule has 0 saturated heterocycles. The molecule has 2 saturated carbocycles. The molecule has 0 spiro atoms. The van der Waals surface area contributed by atoms with Crippen LogP contribution in [-0.4, -0.2) is 12.6 Å². The van der Waals surface area contributed by atoms with Crippen molar-refractivity contribution in [2.45, 2.75) is 63.8 Å². The summed E-state index contributed by atoms with van der Waals surface area (Å²) in [6.07, 6.45) is 7.00. The second-order valence-corrected chi connectivity index (χ2v) is 6.75. The Kier molecular flexibility index (Phi) is 3.93. The van der Waals surface area contributed by atoms with Gasteiger partial charge >= 0.3 is 0 Å². The fourth-order valence-electron chi connectivity index (χ4n) is 2.98. The fourth-order valence-corrected chi connectivity index (χ4v) is 2.98. The molecule has 0 bridgehead atoms. The maximum absolute atomic E-state index is 3.67. The van der Waals surface area contributed by atoms with Crippen LogP contribution in [0, 0.1) is 5.92 Å². The first-order valence-corrected chi connectivity index (χ1v) is 8.07. The summed E-state index contributed by atoms with van der Waals surface area (Å²) in [5.41, 5.74) is 3.12. The van der Waals surface area contributed by atoms with Crippen LogP contribution in [0.1, 0.15) is 68.9 Å². The molecular formula is C18H27N. The van der Waals surface area contributed by atoms with Gasteiger partial charge in [-0.05, 0) is 61.1 Å². The van der Waals surface area contributed by atoms with Crippen LogP contribution in [-0.2, 0) is 0 Å². The summed E-state index contributed by atoms with van der Waals surface area (Å²) in [7, 11) is 0. The molecule has 2 aliphatic rings. The van der Waals surface area contributed by atoms with E-state index in [0.717, 1.165) is 17.9 Å². The highest BCUT2D eigenvalue weighted by Gasteiger charge is 2.24. The van der Waals surface area contributed by atoms with Crippen LogP contribution < -0.4 is 5.32 Å². The van der Waals surface area contributed by atoms with E-state index in [0.29, 0.717) is 5.92 Å². The highest BCUT2D eigenvalue weighted by atomic mass is 14.9. The zero-order valence-electron chi connectivity index (χ0n) is 12.4. The number of hydrogen-bond donors (Lipinski definition) is 1. The van der Waals surface area contributed by atoms with Gasteiger partial charge in [0.2, 0.25) is 0 Å². The Morgan fingerprint density at radius 2 is 1.95 bits per heavy atom. The second kappa shape index (κ2) is 5.66. The first-order valence-electron chi connectivity index (χ1n) is 8.07. The fraction of sp³-hybridized carbons (Fsp3) is 0.667. The molecule has 0 amide bonds. The summed E-state index contributed by atoms with van der Waals surface area (Å²) < 4.78 is 0. The van der Waals surface area contributed by atoms with Crippen LogP contribution in [0.5, 0.6) is 0 Å². The van der Waals surface area contributed by atoms with Gasteiger partial charge < -0.3 is 5.32 Å². The van der Waals surface area contributed by atoms with E-state index in [2.05, 4.69) is 43.4 Å². The smallest absolute Gasteiger partial charge is 0.00683 e. The summed E-state index contributed by atoms with van der Waals surface area (Å²) in [6.45, 7) is 5.94. The lowest BCUT2D eigenvalue weighted by atomic mass is 9.78. The van der Waals surface area contributed by atoms with E-state index >= 15 is 0 Å². The molecule has 1 nitrogen and oxygen atoms in total. The van der Waals surface area contributed by atoms with Crippen molar-refractivity contribution in [2.24, 2.45) is 5.92 Å². The number of rotatable bonds is 6. The van der Waals surface area contributed by atoms with Gasteiger partial charge in [0, 0.05) is 6.04 Å². The Morgan fingerprint density at radius 1 is 1.16 bits per heavy atom. The van der Waals surface area contributed by atoms with Crippen molar-refractivity contribution in [2.75, 3.05) is 6.54 Å². The van der Waals surface area contributed by atoms with Gasteiger partial charge in [-0.15, -0.1) is 0 Å². The van der Waals surface area contributed by atoms with Crippen molar-refractivity contribution >= 4 is 0 Å². The van der Waals surface area contributed by atoms with Crippen LogP contribution in [0.3, 0.4) is 0 Å². The Hall–Kier alpha value is -0.820. The zero-order valence-corrected chi connectivity index (χ0v) is 12.4. The minimum Gasteiger partial charge on any atom is -0.314 e. The van der Waals surface area contributed by atoms with Crippen molar-refractivity contribution in [3.63, 3.8) is 0 Å². The molecule has 104 valence electrons. The van der Waals surface area contributed by atoms with E-state index in [4.69, 9.17) is 0 Å². The number of benzene rings is 1. The largest absolute Gasteiger partial charge is 0.314 e. The topological polar surface area (TPSA) is 12.0 Å². The maximum Gasteiger partial charge on any atom is 0.00683 e. The highest BCUT2D eigenvalue weighted by Crippen LogP contribution is 2.37. The van der Waals surface area contributed by atoms with Crippen LogP contribution in [0.15, 0.2) is 24.3 Å². The van der Waals surface area contributed by atoms with E-state index in [1.165, 1.54) is 44.2 Å². The van der Waals surface area contributed by atoms with E-state index in [9.17, 15) is 0 Å². The molecule has 2 aliphatic carbocycles. The molecular weight excluding hydrogens is 230 g/mol. The van der Waals surface area contributed by atoms with Gasteiger partial charge in [0.05, 0.1) is 0 Å². The van der Waals surface area contributed by atoms with E-state index in [-0.39, 0.29) is 0 Å². The molecule has 2 fully saturated rings. The lowest BCUT2D eigenvalue weighted by molar-refractivity contribution is 0.417. The summed E-state index contributed by atoms with van der Waals surface area (Å²) in [5, 5.41) is 3.67. The Morgan fingerprint density at radius 3 is 2.58 bits per heavy atom. The average molecular weight is 257 g/mol. The van der Waals surface area contributed by atoms with Crippen LogP contribution in [0.25, 0.3) is 0 Å². The quantitative estimate of drug-likeness (QED) is 0.794. The minimum atomic E-state index is 0.659. The van der Waals surface area contributed by atoms with Crippen LogP contribution in [0.2, 0.25) is 0 Å². The van der Waals surface area contributed by atoms with Gasteiger partial charge in [-0.1, -0.05) is 44.5 Å². The predicted molar refractivity (Wildman–Crippen MR) is 81.6 cm³/mol. The maximum atomic E-state index is 3.67. The molecule has 0 aliphatic heterocycles. The van der Waals surface area contributed by atoms with Crippen molar-refractivity contribution < 1.29 is 0 Å². The van der Waals surface area contributed by atoms with Crippen LogP contribution >= 0.6 is 0 Å². The normalized spacial score (nSPS) is 22.8. The third-order valence-electron chi connectivity index (χ3n) is 5.17. The summed E-state index contributed by atoms with van der Waals surface area (Å²) >= 11 is 0.